The molecule has 18 heavy (non-hydrogen) atoms. The minimum atomic E-state index is -0.834. The molecule has 5 nitrogen and oxygen atoms in total. The van der Waals surface area contributed by atoms with Gasteiger partial charge in [0.05, 0.1) is 16.8 Å². The molecule has 0 spiro atoms. The highest BCUT2D eigenvalue weighted by molar-refractivity contribution is 8.01. The zero-order valence-electron chi connectivity index (χ0n) is 10.4. The van der Waals surface area contributed by atoms with Crippen molar-refractivity contribution in [3.05, 3.63) is 11.2 Å². The molecule has 0 atom stereocenters. The average molecular weight is 289 g/mol. The van der Waals surface area contributed by atoms with E-state index >= 15 is 0 Å². The predicted molar refractivity (Wildman–Crippen MR) is 70.3 cm³/mol. The van der Waals surface area contributed by atoms with Crippen LogP contribution in [0.3, 0.4) is 0 Å². The molecular formula is C11H15NO4S2. The number of ether oxygens (including phenoxy) is 1. The summed E-state index contributed by atoms with van der Waals surface area (Å²) in [6.07, 6.45) is 1.65. The van der Waals surface area contributed by atoms with Crippen molar-refractivity contribution in [2.45, 2.75) is 37.0 Å². The zero-order valence-corrected chi connectivity index (χ0v) is 12.1. The van der Waals surface area contributed by atoms with Gasteiger partial charge < -0.3 is 9.84 Å². The Hall–Kier alpha value is -1.08. The molecular weight excluding hydrogens is 274 g/mol. The number of carboxylic acids is 1. The maximum Gasteiger partial charge on any atom is 0.367 e. The smallest absolute Gasteiger partial charge is 0.367 e. The average Bonchev–Trinajstić information content (AvgIpc) is 2.63. The number of esters is 1. The van der Waals surface area contributed by atoms with Crippen molar-refractivity contribution in [3.8, 4) is 0 Å². The molecule has 0 saturated carbocycles. The second kappa shape index (κ2) is 6.19. The van der Waals surface area contributed by atoms with Crippen LogP contribution in [-0.2, 0) is 9.53 Å². The summed E-state index contributed by atoms with van der Waals surface area (Å²) in [7, 11) is 0. The molecule has 0 amide bonds. The van der Waals surface area contributed by atoms with Crippen LogP contribution < -0.4 is 0 Å². The fourth-order valence-corrected chi connectivity index (χ4v) is 2.84. The van der Waals surface area contributed by atoms with Gasteiger partial charge >= 0.3 is 11.9 Å². The number of aliphatic carboxylic acids is 1. The summed E-state index contributed by atoms with van der Waals surface area (Å²) in [5, 5.41) is 8.81. The lowest BCUT2D eigenvalue weighted by Crippen LogP contribution is -2.23. The van der Waals surface area contributed by atoms with Crippen molar-refractivity contribution < 1.29 is 19.4 Å². The van der Waals surface area contributed by atoms with Crippen LogP contribution in [0.5, 0.6) is 0 Å². The standard InChI is InChI=1S/C11H15NO4S2/c1-11(2,3)16-10(15)9-12-6-8(18-9)17-5-4-7(13)14/h6H,4-5H2,1-3H3,(H,13,14). The molecule has 0 bridgehead atoms. The molecule has 1 heterocycles. The molecule has 0 saturated heterocycles. The van der Waals surface area contributed by atoms with Gasteiger partial charge in [0.2, 0.25) is 5.01 Å². The van der Waals surface area contributed by atoms with Crippen molar-refractivity contribution >= 4 is 35.0 Å². The third kappa shape index (κ3) is 5.50. The Morgan fingerprint density at radius 1 is 1.50 bits per heavy atom. The van der Waals surface area contributed by atoms with Crippen LogP contribution in [0.2, 0.25) is 0 Å². The van der Waals surface area contributed by atoms with Gasteiger partial charge in [-0.3, -0.25) is 4.79 Å². The molecule has 7 heteroatoms. The van der Waals surface area contributed by atoms with E-state index in [1.165, 1.54) is 23.1 Å². The highest BCUT2D eigenvalue weighted by Crippen LogP contribution is 2.26. The normalized spacial score (nSPS) is 11.3. The highest BCUT2D eigenvalue weighted by atomic mass is 32.2. The van der Waals surface area contributed by atoms with Crippen LogP contribution in [0.15, 0.2) is 10.4 Å². The molecule has 1 aromatic rings. The highest BCUT2D eigenvalue weighted by Gasteiger charge is 2.20. The van der Waals surface area contributed by atoms with Gasteiger partial charge in [-0.1, -0.05) is 0 Å². The molecule has 0 aromatic carbocycles. The Morgan fingerprint density at radius 3 is 2.72 bits per heavy atom. The molecule has 1 N–H and O–H groups in total. The van der Waals surface area contributed by atoms with Crippen molar-refractivity contribution in [2.75, 3.05) is 5.75 Å². The number of carbonyl (C=O) groups excluding carboxylic acids is 1. The van der Waals surface area contributed by atoms with Gasteiger partial charge in [-0.15, -0.1) is 23.1 Å². The number of hydrogen-bond acceptors (Lipinski definition) is 6. The lowest BCUT2D eigenvalue weighted by atomic mass is 10.2. The fraction of sp³-hybridized carbons (Fsp3) is 0.545. The van der Waals surface area contributed by atoms with E-state index in [-0.39, 0.29) is 6.42 Å². The molecule has 0 aliphatic heterocycles. The van der Waals surface area contributed by atoms with Crippen LogP contribution >= 0.6 is 23.1 Å². The van der Waals surface area contributed by atoms with E-state index < -0.39 is 17.5 Å². The van der Waals surface area contributed by atoms with E-state index in [9.17, 15) is 9.59 Å². The van der Waals surface area contributed by atoms with Crippen LogP contribution in [0.1, 0.15) is 37.0 Å². The number of carboxylic acid groups (broad SMARTS) is 1. The summed E-state index contributed by atoms with van der Waals surface area (Å²) in [4.78, 5) is 26.0. The first kappa shape index (κ1) is 15.0. The number of hydrogen-bond donors (Lipinski definition) is 1. The van der Waals surface area contributed by atoms with Crippen LogP contribution in [0.4, 0.5) is 0 Å². The Balaban J connectivity index is 2.52. The van der Waals surface area contributed by atoms with Crippen LogP contribution in [0.25, 0.3) is 0 Å². The Kier molecular flexibility index (Phi) is 5.15. The van der Waals surface area contributed by atoms with Crippen molar-refractivity contribution in [1.29, 1.82) is 0 Å². The van der Waals surface area contributed by atoms with Gasteiger partial charge in [-0.2, -0.15) is 0 Å². The van der Waals surface area contributed by atoms with Gasteiger partial charge in [0.15, 0.2) is 0 Å². The molecule has 0 aliphatic carbocycles. The van der Waals surface area contributed by atoms with E-state index in [0.717, 1.165) is 4.21 Å². The molecule has 0 fully saturated rings. The molecule has 1 aromatic heterocycles. The van der Waals surface area contributed by atoms with Gasteiger partial charge in [0.25, 0.3) is 0 Å². The first-order chi connectivity index (χ1) is 8.28. The second-order valence-electron chi connectivity index (χ2n) is 4.48. The summed E-state index contributed by atoms with van der Waals surface area (Å²) in [6, 6.07) is 0. The largest absolute Gasteiger partial charge is 0.481 e. The molecule has 100 valence electrons. The van der Waals surface area contributed by atoms with E-state index in [1.807, 2.05) is 0 Å². The van der Waals surface area contributed by atoms with Crippen LogP contribution in [0, 0.1) is 0 Å². The third-order valence-corrected chi connectivity index (χ3v) is 3.79. The minimum Gasteiger partial charge on any atom is -0.481 e. The topological polar surface area (TPSA) is 76.5 Å². The first-order valence-corrected chi connectivity index (χ1v) is 7.12. The fourth-order valence-electron chi connectivity index (χ4n) is 0.981. The van der Waals surface area contributed by atoms with Gasteiger partial charge in [-0.05, 0) is 20.8 Å². The van der Waals surface area contributed by atoms with Crippen molar-refractivity contribution in [3.63, 3.8) is 0 Å². The third-order valence-electron chi connectivity index (χ3n) is 1.62. The Bertz CT molecular complexity index is 436. The number of thiazole rings is 1. The Labute approximate surface area is 114 Å². The zero-order chi connectivity index (χ0) is 13.8. The SMILES string of the molecule is CC(C)(C)OC(=O)c1ncc(SCCC(=O)O)s1. The van der Waals surface area contributed by atoms with E-state index in [4.69, 9.17) is 9.84 Å². The Morgan fingerprint density at radius 2 is 2.17 bits per heavy atom. The molecule has 1 rings (SSSR count). The quantitative estimate of drug-likeness (QED) is 0.663. The monoisotopic (exact) mass is 289 g/mol. The lowest BCUT2D eigenvalue weighted by Gasteiger charge is -2.18. The summed E-state index contributed by atoms with van der Waals surface area (Å²) >= 11 is 2.59. The summed E-state index contributed by atoms with van der Waals surface area (Å²) < 4.78 is 6.00. The number of aromatic nitrogens is 1. The van der Waals surface area contributed by atoms with Gasteiger partial charge in [-0.25, -0.2) is 9.78 Å². The van der Waals surface area contributed by atoms with E-state index in [1.54, 1.807) is 27.0 Å². The molecule has 0 unspecified atom stereocenters. The maximum atomic E-state index is 11.7. The number of thioether (sulfide) groups is 1. The maximum absolute atomic E-state index is 11.7. The minimum absolute atomic E-state index is 0.0876. The second-order valence-corrected chi connectivity index (χ2v) is 6.90. The summed E-state index contributed by atoms with van der Waals surface area (Å²) in [5.74, 6) is -0.817. The summed E-state index contributed by atoms with van der Waals surface area (Å²) in [6.45, 7) is 5.38. The van der Waals surface area contributed by atoms with Gasteiger partial charge in [0, 0.05) is 5.75 Å². The number of rotatable bonds is 5. The first-order valence-electron chi connectivity index (χ1n) is 5.32. The van der Waals surface area contributed by atoms with Crippen molar-refractivity contribution in [1.82, 2.24) is 4.98 Å². The molecule has 0 radical (unpaired) electrons. The number of nitrogens with zero attached hydrogens (tertiary/aromatic N) is 1. The predicted octanol–water partition coefficient (Wildman–Crippen LogP) is 2.67. The summed E-state index contributed by atoms with van der Waals surface area (Å²) in [5.41, 5.74) is -0.542. The van der Waals surface area contributed by atoms with Crippen LogP contribution in [-0.4, -0.2) is 33.4 Å². The van der Waals surface area contributed by atoms with E-state index in [0.29, 0.717) is 10.8 Å². The van der Waals surface area contributed by atoms with E-state index in [2.05, 4.69) is 4.98 Å². The molecule has 0 aliphatic rings. The van der Waals surface area contributed by atoms with Gasteiger partial charge in [0.1, 0.15) is 5.60 Å². The number of carbonyl (C=O) groups is 2. The van der Waals surface area contributed by atoms with Crippen molar-refractivity contribution in [2.24, 2.45) is 0 Å². The lowest BCUT2D eigenvalue weighted by molar-refractivity contribution is -0.136.